The second-order valence-electron chi connectivity index (χ2n) is 5.57. The minimum atomic E-state index is 0.138. The molecule has 1 nitrogen and oxygen atoms in total. The van der Waals surface area contributed by atoms with Crippen molar-refractivity contribution in [2.45, 2.75) is 31.5 Å². The van der Waals surface area contributed by atoms with Gasteiger partial charge in [-0.1, -0.05) is 66.7 Å². The molecule has 0 aliphatic carbocycles. The third kappa shape index (κ3) is 2.08. The molecule has 1 unspecified atom stereocenters. The lowest BCUT2D eigenvalue weighted by Crippen LogP contribution is -2.16. The van der Waals surface area contributed by atoms with Crippen LogP contribution in [0.25, 0.3) is 0 Å². The smallest absolute Gasteiger partial charge is 0.0655 e. The Morgan fingerprint density at radius 3 is 2.25 bits per heavy atom. The predicted octanol–water partition coefficient (Wildman–Crippen LogP) is 4.36. The van der Waals surface area contributed by atoms with Gasteiger partial charge in [-0.25, -0.2) is 0 Å². The Morgan fingerprint density at radius 2 is 1.65 bits per heavy atom. The van der Waals surface area contributed by atoms with E-state index >= 15 is 0 Å². The molecule has 1 saturated heterocycles. The summed E-state index contributed by atoms with van der Waals surface area (Å²) in [4.78, 5) is 2.57. The van der Waals surface area contributed by atoms with Gasteiger partial charge >= 0.3 is 0 Å². The zero-order valence-corrected chi connectivity index (χ0v) is 12.0. The zero-order chi connectivity index (χ0) is 14.0. The lowest BCUT2D eigenvalue weighted by Gasteiger charge is -2.17. The number of hydrogen-bond donors (Lipinski definition) is 0. The first-order chi connectivity index (χ1) is 9.79. The van der Waals surface area contributed by atoms with Crippen molar-refractivity contribution in [3.63, 3.8) is 0 Å². The van der Waals surface area contributed by atoms with Gasteiger partial charge in [0, 0.05) is 12.6 Å². The Morgan fingerprint density at radius 1 is 1.05 bits per heavy atom. The van der Waals surface area contributed by atoms with E-state index < -0.39 is 0 Å². The molecule has 1 heteroatoms. The predicted molar refractivity (Wildman–Crippen MR) is 84.4 cm³/mol. The highest BCUT2D eigenvalue weighted by Crippen LogP contribution is 2.53. The Bertz CT molecular complexity index is 575. The van der Waals surface area contributed by atoms with Gasteiger partial charge in [-0.2, -0.15) is 0 Å². The van der Waals surface area contributed by atoms with Gasteiger partial charge in [0.2, 0.25) is 0 Å². The quantitative estimate of drug-likeness (QED) is 0.572. The van der Waals surface area contributed by atoms with Crippen LogP contribution >= 0.6 is 0 Å². The normalized spacial score (nSPS) is 28.1. The van der Waals surface area contributed by atoms with E-state index in [-0.39, 0.29) is 5.54 Å². The van der Waals surface area contributed by atoms with Gasteiger partial charge in [0.05, 0.1) is 5.54 Å². The van der Waals surface area contributed by atoms with Crippen molar-refractivity contribution in [3.05, 3.63) is 84.4 Å². The standard InChI is InChI=1S/C19H21N/c1-3-14-19(18-12-8-5-9-13-18)16(2)20(19)15-17-10-6-4-7-11-17/h3-13,16H,1,14-15H2,2H3/t16-,19-,20?/m1/s1. The fourth-order valence-corrected chi connectivity index (χ4v) is 3.37. The lowest BCUT2D eigenvalue weighted by molar-refractivity contribution is 0.403. The molecule has 3 rings (SSSR count). The molecular weight excluding hydrogens is 242 g/mol. The van der Waals surface area contributed by atoms with E-state index in [0.717, 1.165) is 13.0 Å². The molecule has 102 valence electrons. The van der Waals surface area contributed by atoms with Crippen LogP contribution in [-0.4, -0.2) is 10.9 Å². The van der Waals surface area contributed by atoms with E-state index in [1.165, 1.54) is 11.1 Å². The highest BCUT2D eigenvalue weighted by atomic mass is 15.4. The van der Waals surface area contributed by atoms with E-state index in [1.54, 1.807) is 0 Å². The molecule has 1 aliphatic heterocycles. The lowest BCUT2D eigenvalue weighted by atomic mass is 9.92. The molecule has 0 amide bonds. The molecule has 3 atom stereocenters. The topological polar surface area (TPSA) is 3.01 Å². The summed E-state index contributed by atoms with van der Waals surface area (Å²) < 4.78 is 0. The molecule has 1 aliphatic rings. The van der Waals surface area contributed by atoms with Crippen LogP contribution in [0.5, 0.6) is 0 Å². The van der Waals surface area contributed by atoms with E-state index in [1.807, 2.05) is 0 Å². The van der Waals surface area contributed by atoms with E-state index in [0.29, 0.717) is 6.04 Å². The monoisotopic (exact) mass is 263 g/mol. The molecule has 0 N–H and O–H groups in total. The molecule has 0 radical (unpaired) electrons. The second-order valence-corrected chi connectivity index (χ2v) is 5.57. The Hall–Kier alpha value is -1.86. The fourth-order valence-electron chi connectivity index (χ4n) is 3.37. The highest BCUT2D eigenvalue weighted by Gasteiger charge is 2.59. The van der Waals surface area contributed by atoms with Crippen LogP contribution in [0.3, 0.4) is 0 Å². The second kappa shape index (κ2) is 5.26. The molecule has 1 fully saturated rings. The Balaban J connectivity index is 1.88. The summed E-state index contributed by atoms with van der Waals surface area (Å²) in [5.74, 6) is 0. The van der Waals surface area contributed by atoms with Crippen molar-refractivity contribution in [2.75, 3.05) is 0 Å². The van der Waals surface area contributed by atoms with Gasteiger partial charge in [0.1, 0.15) is 0 Å². The Labute approximate surface area is 121 Å². The van der Waals surface area contributed by atoms with Crippen molar-refractivity contribution < 1.29 is 0 Å². The number of rotatable bonds is 5. The van der Waals surface area contributed by atoms with Crippen LogP contribution in [0, 0.1) is 0 Å². The molecule has 20 heavy (non-hydrogen) atoms. The van der Waals surface area contributed by atoms with Crippen LogP contribution in [-0.2, 0) is 12.1 Å². The van der Waals surface area contributed by atoms with E-state index in [2.05, 4.69) is 85.1 Å². The summed E-state index contributed by atoms with van der Waals surface area (Å²) in [5, 5.41) is 0. The zero-order valence-electron chi connectivity index (χ0n) is 12.0. The highest BCUT2D eigenvalue weighted by molar-refractivity contribution is 5.36. The van der Waals surface area contributed by atoms with Crippen molar-refractivity contribution >= 4 is 0 Å². The van der Waals surface area contributed by atoms with Crippen LogP contribution < -0.4 is 0 Å². The number of benzene rings is 2. The number of hydrogen-bond acceptors (Lipinski definition) is 1. The molecular formula is C19H21N. The maximum absolute atomic E-state index is 3.96. The third-order valence-electron chi connectivity index (χ3n) is 4.53. The average molecular weight is 263 g/mol. The van der Waals surface area contributed by atoms with Crippen molar-refractivity contribution in [1.82, 2.24) is 4.90 Å². The summed E-state index contributed by atoms with van der Waals surface area (Å²) in [5.41, 5.74) is 2.92. The maximum Gasteiger partial charge on any atom is 0.0655 e. The van der Waals surface area contributed by atoms with Crippen LogP contribution in [0.1, 0.15) is 24.5 Å². The number of nitrogens with zero attached hydrogens (tertiary/aromatic N) is 1. The first-order valence-corrected chi connectivity index (χ1v) is 7.26. The summed E-state index contributed by atoms with van der Waals surface area (Å²) in [6.07, 6.45) is 3.06. The minimum absolute atomic E-state index is 0.138. The van der Waals surface area contributed by atoms with Gasteiger partial charge in [-0.3, -0.25) is 4.90 Å². The Kier molecular flexibility index (Phi) is 3.45. The largest absolute Gasteiger partial charge is 0.283 e. The van der Waals surface area contributed by atoms with Gasteiger partial charge in [-0.05, 0) is 24.5 Å². The van der Waals surface area contributed by atoms with E-state index in [9.17, 15) is 0 Å². The van der Waals surface area contributed by atoms with Gasteiger partial charge in [-0.15, -0.1) is 6.58 Å². The molecule has 0 aromatic heterocycles. The fraction of sp³-hybridized carbons (Fsp3) is 0.263. The molecule has 0 spiro atoms. The third-order valence-corrected chi connectivity index (χ3v) is 4.53. The van der Waals surface area contributed by atoms with Gasteiger partial charge in [0.25, 0.3) is 0 Å². The van der Waals surface area contributed by atoms with Crippen LogP contribution in [0.15, 0.2) is 73.3 Å². The van der Waals surface area contributed by atoms with Crippen LogP contribution in [0.2, 0.25) is 0 Å². The van der Waals surface area contributed by atoms with Crippen molar-refractivity contribution in [1.29, 1.82) is 0 Å². The molecule has 2 aromatic carbocycles. The summed E-state index contributed by atoms with van der Waals surface area (Å²) in [6.45, 7) is 7.28. The molecule has 0 saturated carbocycles. The minimum Gasteiger partial charge on any atom is -0.283 e. The maximum atomic E-state index is 3.96. The first-order valence-electron chi connectivity index (χ1n) is 7.26. The summed E-state index contributed by atoms with van der Waals surface area (Å²) in [6, 6.07) is 22.1. The van der Waals surface area contributed by atoms with Gasteiger partial charge < -0.3 is 0 Å². The van der Waals surface area contributed by atoms with E-state index in [4.69, 9.17) is 0 Å². The first kappa shape index (κ1) is 13.1. The van der Waals surface area contributed by atoms with Crippen molar-refractivity contribution in [3.8, 4) is 0 Å². The average Bonchev–Trinajstić information content (AvgIpc) is 3.06. The van der Waals surface area contributed by atoms with Crippen LogP contribution in [0.4, 0.5) is 0 Å². The van der Waals surface area contributed by atoms with Gasteiger partial charge in [0.15, 0.2) is 0 Å². The van der Waals surface area contributed by atoms with Crippen molar-refractivity contribution in [2.24, 2.45) is 0 Å². The summed E-state index contributed by atoms with van der Waals surface area (Å²) in [7, 11) is 0. The molecule has 2 aromatic rings. The molecule has 0 bridgehead atoms. The SMILES string of the molecule is C=CC[C@]1(c2ccccc2)[C@@H](C)N1Cc1ccccc1. The molecule has 1 heterocycles. The summed E-state index contributed by atoms with van der Waals surface area (Å²) >= 11 is 0.